The summed E-state index contributed by atoms with van der Waals surface area (Å²) in [6.45, 7) is 2.77. The lowest BCUT2D eigenvalue weighted by Crippen LogP contribution is -2.23. The van der Waals surface area contributed by atoms with E-state index < -0.39 is 0 Å². The Morgan fingerprint density at radius 3 is 3.00 bits per heavy atom. The van der Waals surface area contributed by atoms with Crippen molar-refractivity contribution in [2.75, 3.05) is 19.6 Å². The highest BCUT2D eigenvalue weighted by Gasteiger charge is 2.25. The van der Waals surface area contributed by atoms with E-state index in [2.05, 4.69) is 11.4 Å². The maximum Gasteiger partial charge on any atom is 0.115 e. The van der Waals surface area contributed by atoms with Crippen LogP contribution in [0.4, 0.5) is 0 Å². The van der Waals surface area contributed by atoms with Crippen LogP contribution in [0, 0.1) is 5.92 Å². The highest BCUT2D eigenvalue weighted by atomic mass is 16.3. The van der Waals surface area contributed by atoms with Crippen LogP contribution in [-0.4, -0.2) is 24.7 Å². The average Bonchev–Trinajstić information content (AvgIpc) is 2.72. The maximum absolute atomic E-state index is 9.44. The molecule has 1 heterocycles. The number of aromatic hydroxyl groups is 1. The molecule has 82 valence electrons. The summed E-state index contributed by atoms with van der Waals surface area (Å²) < 4.78 is 0. The Hall–Kier alpha value is -1.06. The summed E-state index contributed by atoms with van der Waals surface area (Å²) in [5, 5.41) is 12.8. The number of rotatable bonds is 3. The van der Waals surface area contributed by atoms with Crippen LogP contribution in [0.15, 0.2) is 24.3 Å². The zero-order chi connectivity index (χ0) is 10.7. The molecule has 3 heteroatoms. The molecule has 1 saturated heterocycles. The number of benzene rings is 1. The zero-order valence-corrected chi connectivity index (χ0v) is 8.82. The first-order valence-corrected chi connectivity index (χ1v) is 5.51. The number of hydrogen-bond acceptors (Lipinski definition) is 3. The molecule has 0 aromatic heterocycles. The third-order valence-electron chi connectivity index (χ3n) is 3.22. The first-order valence-electron chi connectivity index (χ1n) is 5.51. The molecule has 1 aromatic rings. The lowest BCUT2D eigenvalue weighted by Gasteiger charge is -2.21. The second kappa shape index (κ2) is 4.64. The fourth-order valence-corrected chi connectivity index (χ4v) is 2.38. The van der Waals surface area contributed by atoms with Crippen LogP contribution in [0.25, 0.3) is 0 Å². The van der Waals surface area contributed by atoms with Crippen molar-refractivity contribution in [1.82, 2.24) is 5.32 Å². The van der Waals surface area contributed by atoms with E-state index in [4.69, 9.17) is 5.73 Å². The standard InChI is InChI=1S/C12H18N2O/c13-7-12(10-4-5-14-8-10)9-2-1-3-11(15)6-9/h1-3,6,10,12,14-15H,4-5,7-8,13H2. The monoisotopic (exact) mass is 206 g/mol. The highest BCUT2D eigenvalue weighted by molar-refractivity contribution is 5.30. The molecule has 1 aliphatic heterocycles. The second-order valence-corrected chi connectivity index (χ2v) is 4.19. The van der Waals surface area contributed by atoms with E-state index in [9.17, 15) is 5.11 Å². The van der Waals surface area contributed by atoms with Crippen molar-refractivity contribution in [3.8, 4) is 5.75 Å². The maximum atomic E-state index is 9.44. The molecule has 4 N–H and O–H groups in total. The van der Waals surface area contributed by atoms with Crippen LogP contribution in [0.1, 0.15) is 17.9 Å². The molecule has 3 nitrogen and oxygen atoms in total. The Morgan fingerprint density at radius 2 is 2.40 bits per heavy atom. The number of phenols is 1. The van der Waals surface area contributed by atoms with Gasteiger partial charge >= 0.3 is 0 Å². The van der Waals surface area contributed by atoms with Gasteiger partial charge in [0.05, 0.1) is 0 Å². The van der Waals surface area contributed by atoms with Gasteiger partial charge in [0.1, 0.15) is 5.75 Å². The van der Waals surface area contributed by atoms with Gasteiger partial charge in [0.25, 0.3) is 0 Å². The van der Waals surface area contributed by atoms with E-state index in [1.54, 1.807) is 6.07 Å². The smallest absolute Gasteiger partial charge is 0.115 e. The van der Waals surface area contributed by atoms with Gasteiger partial charge in [0, 0.05) is 5.92 Å². The quantitative estimate of drug-likeness (QED) is 0.692. The summed E-state index contributed by atoms with van der Waals surface area (Å²) in [6, 6.07) is 7.46. The lowest BCUT2D eigenvalue weighted by atomic mass is 9.85. The Labute approximate surface area is 90.3 Å². The van der Waals surface area contributed by atoms with Crippen LogP contribution in [-0.2, 0) is 0 Å². The number of hydrogen-bond donors (Lipinski definition) is 3. The molecule has 0 amide bonds. The first-order chi connectivity index (χ1) is 7.31. The summed E-state index contributed by atoms with van der Waals surface area (Å²) in [4.78, 5) is 0. The summed E-state index contributed by atoms with van der Waals surface area (Å²) in [5.74, 6) is 1.31. The van der Waals surface area contributed by atoms with E-state index in [1.807, 2.05) is 12.1 Å². The van der Waals surface area contributed by atoms with Crippen LogP contribution in [0.5, 0.6) is 5.75 Å². The average molecular weight is 206 g/mol. The summed E-state index contributed by atoms with van der Waals surface area (Å²) in [6.07, 6.45) is 1.18. The van der Waals surface area contributed by atoms with Crippen molar-refractivity contribution in [2.45, 2.75) is 12.3 Å². The molecule has 2 unspecified atom stereocenters. The molecule has 0 spiro atoms. The van der Waals surface area contributed by atoms with Gasteiger partial charge in [0.2, 0.25) is 0 Å². The molecule has 1 aromatic carbocycles. The number of phenolic OH excluding ortho intramolecular Hbond substituents is 1. The van der Waals surface area contributed by atoms with Crippen LogP contribution in [0.2, 0.25) is 0 Å². The van der Waals surface area contributed by atoms with Crippen LogP contribution >= 0.6 is 0 Å². The molecule has 2 rings (SSSR count). The largest absolute Gasteiger partial charge is 0.508 e. The molecule has 0 radical (unpaired) electrons. The number of nitrogens with one attached hydrogen (secondary N) is 1. The minimum Gasteiger partial charge on any atom is -0.508 e. The third kappa shape index (κ3) is 2.30. The van der Waals surface area contributed by atoms with Crippen molar-refractivity contribution >= 4 is 0 Å². The zero-order valence-electron chi connectivity index (χ0n) is 8.82. The fourth-order valence-electron chi connectivity index (χ4n) is 2.38. The predicted octanol–water partition coefficient (Wildman–Crippen LogP) is 1.04. The minimum atomic E-state index is 0.330. The van der Waals surface area contributed by atoms with Gasteiger partial charge in [-0.1, -0.05) is 12.1 Å². The van der Waals surface area contributed by atoms with Crippen molar-refractivity contribution in [3.63, 3.8) is 0 Å². The van der Waals surface area contributed by atoms with Gasteiger partial charge in [-0.2, -0.15) is 0 Å². The van der Waals surface area contributed by atoms with Crippen LogP contribution in [0.3, 0.4) is 0 Å². The Kier molecular flexibility index (Phi) is 3.23. The van der Waals surface area contributed by atoms with E-state index >= 15 is 0 Å². The van der Waals surface area contributed by atoms with Gasteiger partial charge in [0.15, 0.2) is 0 Å². The van der Waals surface area contributed by atoms with Crippen molar-refractivity contribution in [3.05, 3.63) is 29.8 Å². The van der Waals surface area contributed by atoms with Gasteiger partial charge in [-0.15, -0.1) is 0 Å². The number of nitrogens with two attached hydrogens (primary N) is 1. The molecule has 0 saturated carbocycles. The van der Waals surface area contributed by atoms with Gasteiger partial charge < -0.3 is 16.2 Å². The van der Waals surface area contributed by atoms with Crippen molar-refractivity contribution < 1.29 is 5.11 Å². The summed E-state index contributed by atoms with van der Waals surface area (Å²) in [5.41, 5.74) is 6.98. The summed E-state index contributed by atoms with van der Waals surface area (Å²) >= 11 is 0. The second-order valence-electron chi connectivity index (χ2n) is 4.19. The summed E-state index contributed by atoms with van der Waals surface area (Å²) in [7, 11) is 0. The third-order valence-corrected chi connectivity index (χ3v) is 3.22. The minimum absolute atomic E-state index is 0.330. The first kappa shape index (κ1) is 10.5. The van der Waals surface area contributed by atoms with E-state index in [0.717, 1.165) is 18.7 Å². The van der Waals surface area contributed by atoms with Gasteiger partial charge in [-0.3, -0.25) is 0 Å². The van der Waals surface area contributed by atoms with Gasteiger partial charge in [-0.05, 0) is 49.7 Å². The molecule has 0 aliphatic carbocycles. The van der Waals surface area contributed by atoms with E-state index in [-0.39, 0.29) is 0 Å². The van der Waals surface area contributed by atoms with Crippen molar-refractivity contribution in [1.29, 1.82) is 0 Å². The van der Waals surface area contributed by atoms with E-state index in [0.29, 0.717) is 24.1 Å². The molecular weight excluding hydrogens is 188 g/mol. The highest BCUT2D eigenvalue weighted by Crippen LogP contribution is 2.29. The lowest BCUT2D eigenvalue weighted by molar-refractivity contribution is 0.453. The van der Waals surface area contributed by atoms with Crippen LogP contribution < -0.4 is 11.1 Å². The molecule has 1 fully saturated rings. The SMILES string of the molecule is NCC(c1cccc(O)c1)C1CCNC1. The molecule has 15 heavy (non-hydrogen) atoms. The van der Waals surface area contributed by atoms with E-state index in [1.165, 1.54) is 6.42 Å². The fraction of sp³-hybridized carbons (Fsp3) is 0.500. The van der Waals surface area contributed by atoms with Gasteiger partial charge in [-0.25, -0.2) is 0 Å². The molecular formula is C12H18N2O. The normalized spacial score (nSPS) is 22.9. The molecule has 0 bridgehead atoms. The Bertz CT molecular complexity index is 321. The van der Waals surface area contributed by atoms with Crippen molar-refractivity contribution in [2.24, 2.45) is 11.7 Å². The topological polar surface area (TPSA) is 58.3 Å². The Balaban J connectivity index is 2.18. The molecule has 2 atom stereocenters. The Morgan fingerprint density at radius 1 is 1.53 bits per heavy atom. The molecule has 1 aliphatic rings. The predicted molar refractivity (Wildman–Crippen MR) is 60.9 cm³/mol.